The average molecular weight is 435 g/mol. The van der Waals surface area contributed by atoms with E-state index in [1.807, 2.05) is 0 Å². The molecular weight excluding hydrogens is 408 g/mol. The van der Waals surface area contributed by atoms with E-state index in [1.165, 1.54) is 18.9 Å². The number of aliphatic hydroxyl groups is 1. The van der Waals surface area contributed by atoms with Crippen molar-refractivity contribution < 1.29 is 19.6 Å². The van der Waals surface area contributed by atoms with Crippen LogP contribution in [-0.2, 0) is 16.0 Å². The Balaban J connectivity index is 1.57. The molecule has 1 aromatic rings. The van der Waals surface area contributed by atoms with Crippen LogP contribution in [0.1, 0.15) is 31.7 Å². The quantitative estimate of drug-likeness (QED) is 0.189. The zero-order chi connectivity index (χ0) is 21.7. The fourth-order valence-corrected chi connectivity index (χ4v) is 3.68. The van der Waals surface area contributed by atoms with Crippen molar-refractivity contribution in [2.75, 3.05) is 25.1 Å². The molecule has 30 heavy (non-hydrogen) atoms. The number of benzene rings is 1. The summed E-state index contributed by atoms with van der Waals surface area (Å²) in [6, 6.07) is 4.38. The number of nitro groups is 1. The molecule has 1 saturated carbocycles. The summed E-state index contributed by atoms with van der Waals surface area (Å²) in [7, 11) is 0. The van der Waals surface area contributed by atoms with Crippen molar-refractivity contribution in [3.05, 3.63) is 45.1 Å². The maximum atomic E-state index is 12.4. The minimum atomic E-state index is -0.631. The highest BCUT2D eigenvalue weighted by Crippen LogP contribution is 2.33. The first-order valence-electron chi connectivity index (χ1n) is 9.96. The van der Waals surface area contributed by atoms with Crippen molar-refractivity contribution in [3.8, 4) is 0 Å². The summed E-state index contributed by atoms with van der Waals surface area (Å²) in [6.45, 7) is 2.16. The predicted molar refractivity (Wildman–Crippen MR) is 116 cm³/mol. The highest BCUT2D eigenvalue weighted by Gasteiger charge is 2.29. The molecule has 1 aromatic carbocycles. The minimum Gasteiger partial charge on any atom is -0.462 e. The summed E-state index contributed by atoms with van der Waals surface area (Å²) < 4.78 is 5.34. The zero-order valence-corrected chi connectivity index (χ0v) is 17.6. The van der Waals surface area contributed by atoms with Gasteiger partial charge in [0.1, 0.15) is 5.69 Å². The largest absolute Gasteiger partial charge is 0.462 e. The van der Waals surface area contributed by atoms with Crippen molar-refractivity contribution in [1.29, 1.82) is 0 Å². The summed E-state index contributed by atoms with van der Waals surface area (Å²) >= 11 is 5.02. The van der Waals surface area contributed by atoms with Gasteiger partial charge in [-0.25, -0.2) is 4.79 Å². The van der Waals surface area contributed by atoms with Crippen LogP contribution in [0.5, 0.6) is 0 Å². The van der Waals surface area contributed by atoms with E-state index in [4.69, 9.17) is 17.0 Å². The number of ether oxygens (including phenoxy) is 1. The molecule has 1 heterocycles. The van der Waals surface area contributed by atoms with Crippen LogP contribution in [-0.4, -0.2) is 46.9 Å². The van der Waals surface area contributed by atoms with Gasteiger partial charge in [-0.1, -0.05) is 18.9 Å². The lowest BCUT2D eigenvalue weighted by Gasteiger charge is -2.28. The normalized spacial score (nSPS) is 18.5. The van der Waals surface area contributed by atoms with Gasteiger partial charge in [0.05, 0.1) is 29.8 Å². The molecule has 0 saturated heterocycles. The van der Waals surface area contributed by atoms with Gasteiger partial charge in [-0.15, -0.1) is 0 Å². The molecule has 1 unspecified atom stereocenters. The van der Waals surface area contributed by atoms with Gasteiger partial charge >= 0.3 is 5.97 Å². The van der Waals surface area contributed by atoms with Crippen LogP contribution in [0.4, 0.5) is 11.4 Å². The zero-order valence-electron chi connectivity index (χ0n) is 16.8. The molecule has 1 aliphatic carbocycles. The summed E-state index contributed by atoms with van der Waals surface area (Å²) in [5.41, 5.74) is 2.03. The first kappa shape index (κ1) is 22.0. The SMILES string of the molecule is CC1=C(C(=O)OCCc2ccc(NCCC3CC3)c([N+](=O)[O-])c2)C(CO)NC(=S)N1. The van der Waals surface area contributed by atoms with Gasteiger partial charge in [0.15, 0.2) is 5.11 Å². The second-order valence-electron chi connectivity index (χ2n) is 7.53. The Labute approximate surface area is 180 Å². The maximum Gasteiger partial charge on any atom is 0.337 e. The summed E-state index contributed by atoms with van der Waals surface area (Å²) in [4.78, 5) is 23.5. The van der Waals surface area contributed by atoms with E-state index in [0.29, 0.717) is 35.0 Å². The molecule has 3 rings (SSSR count). The smallest absolute Gasteiger partial charge is 0.337 e. The Morgan fingerprint density at radius 1 is 1.43 bits per heavy atom. The van der Waals surface area contributed by atoms with Gasteiger partial charge in [0.25, 0.3) is 5.69 Å². The van der Waals surface area contributed by atoms with Crippen molar-refractivity contribution in [2.24, 2.45) is 5.92 Å². The second kappa shape index (κ2) is 9.86. The highest BCUT2D eigenvalue weighted by atomic mass is 32.1. The molecule has 0 bridgehead atoms. The van der Waals surface area contributed by atoms with Crippen molar-refractivity contribution in [2.45, 2.75) is 38.6 Å². The molecule has 1 fully saturated rings. The number of esters is 1. The van der Waals surface area contributed by atoms with E-state index < -0.39 is 16.9 Å². The molecular formula is C20H26N4O5S. The number of carbonyl (C=O) groups is 1. The van der Waals surface area contributed by atoms with Crippen LogP contribution in [0.2, 0.25) is 0 Å². The number of nitro benzene ring substituents is 1. The molecule has 162 valence electrons. The third-order valence-corrected chi connectivity index (χ3v) is 5.43. The maximum absolute atomic E-state index is 12.4. The number of carbonyl (C=O) groups excluding carboxylic acids is 1. The average Bonchev–Trinajstić information content (AvgIpc) is 3.52. The summed E-state index contributed by atoms with van der Waals surface area (Å²) in [6.07, 6.45) is 3.85. The Bertz CT molecular complexity index is 869. The number of anilines is 1. The number of hydrogen-bond acceptors (Lipinski definition) is 7. The minimum absolute atomic E-state index is 0.0164. The molecule has 0 aromatic heterocycles. The number of thiocarbonyl (C=S) groups is 1. The molecule has 2 aliphatic rings. The molecule has 4 N–H and O–H groups in total. The number of nitrogens with zero attached hydrogens (tertiary/aromatic N) is 1. The number of nitrogens with one attached hydrogen (secondary N) is 3. The van der Waals surface area contributed by atoms with Crippen LogP contribution in [0.15, 0.2) is 29.5 Å². The Morgan fingerprint density at radius 3 is 2.87 bits per heavy atom. The standard InChI is InChI=1S/C20H26N4O5S/c1-12-18(16(11-25)23-20(30)22-12)19(26)29-9-7-14-4-5-15(17(10-14)24(27)28)21-8-6-13-2-3-13/h4-5,10,13,16,21,25H,2-3,6-9,11H2,1H3,(H2,22,23,30). The lowest BCUT2D eigenvalue weighted by molar-refractivity contribution is -0.384. The summed E-state index contributed by atoms with van der Waals surface area (Å²) in [5.74, 6) is 0.182. The topological polar surface area (TPSA) is 126 Å². The van der Waals surface area contributed by atoms with Crippen LogP contribution in [0, 0.1) is 16.0 Å². The van der Waals surface area contributed by atoms with E-state index in [-0.39, 0.29) is 24.5 Å². The van der Waals surface area contributed by atoms with E-state index in [9.17, 15) is 20.0 Å². The monoisotopic (exact) mass is 434 g/mol. The predicted octanol–water partition coefficient (Wildman–Crippen LogP) is 2.01. The fourth-order valence-electron chi connectivity index (χ4n) is 3.39. The fraction of sp³-hybridized carbons (Fsp3) is 0.500. The molecule has 0 spiro atoms. The van der Waals surface area contributed by atoms with Crippen LogP contribution in [0.25, 0.3) is 0 Å². The van der Waals surface area contributed by atoms with Crippen LogP contribution >= 0.6 is 12.2 Å². The number of allylic oxidation sites excluding steroid dienone is 1. The van der Waals surface area contributed by atoms with Gasteiger partial charge in [0, 0.05) is 24.7 Å². The molecule has 0 radical (unpaired) electrons. The van der Waals surface area contributed by atoms with Crippen molar-refractivity contribution >= 4 is 34.7 Å². The first-order chi connectivity index (χ1) is 14.4. The Kier molecular flexibility index (Phi) is 7.22. The summed E-state index contributed by atoms with van der Waals surface area (Å²) in [5, 5.41) is 30.1. The highest BCUT2D eigenvalue weighted by molar-refractivity contribution is 7.80. The van der Waals surface area contributed by atoms with Crippen LogP contribution < -0.4 is 16.0 Å². The first-order valence-corrected chi connectivity index (χ1v) is 10.4. The van der Waals surface area contributed by atoms with E-state index in [2.05, 4.69) is 16.0 Å². The molecule has 10 heteroatoms. The molecule has 9 nitrogen and oxygen atoms in total. The van der Waals surface area contributed by atoms with E-state index >= 15 is 0 Å². The molecule has 1 aliphatic heterocycles. The van der Waals surface area contributed by atoms with Gasteiger partial charge in [0.2, 0.25) is 0 Å². The molecule has 0 amide bonds. The lowest BCUT2D eigenvalue weighted by atomic mass is 10.0. The molecule has 1 atom stereocenters. The van der Waals surface area contributed by atoms with E-state index in [1.54, 1.807) is 19.1 Å². The number of rotatable bonds is 10. The third kappa shape index (κ3) is 5.67. The van der Waals surface area contributed by atoms with Gasteiger partial charge < -0.3 is 25.8 Å². The van der Waals surface area contributed by atoms with E-state index in [0.717, 1.165) is 12.3 Å². The van der Waals surface area contributed by atoms with Gasteiger partial charge in [-0.2, -0.15) is 0 Å². The van der Waals surface area contributed by atoms with Crippen LogP contribution in [0.3, 0.4) is 0 Å². The van der Waals surface area contributed by atoms with Gasteiger partial charge in [-0.3, -0.25) is 10.1 Å². The Morgan fingerprint density at radius 2 is 2.20 bits per heavy atom. The lowest BCUT2D eigenvalue weighted by Crippen LogP contribution is -2.51. The second-order valence-corrected chi connectivity index (χ2v) is 7.93. The Hall–Kier alpha value is -2.72. The van der Waals surface area contributed by atoms with Gasteiger partial charge in [-0.05, 0) is 43.1 Å². The third-order valence-electron chi connectivity index (χ3n) is 5.21. The van der Waals surface area contributed by atoms with Crippen molar-refractivity contribution in [1.82, 2.24) is 10.6 Å². The number of hydrogen-bond donors (Lipinski definition) is 4. The van der Waals surface area contributed by atoms with Crippen molar-refractivity contribution in [3.63, 3.8) is 0 Å². The number of aliphatic hydroxyl groups excluding tert-OH is 1.